The number of aryl methyl sites for hydroxylation is 1. The molecule has 12 heteroatoms. The van der Waals surface area contributed by atoms with Gasteiger partial charge in [-0.05, 0) is 36.8 Å². The Labute approximate surface area is 197 Å². The second kappa shape index (κ2) is 9.20. The molecule has 0 aliphatic carbocycles. The minimum atomic E-state index is -4.86. The Balaban J connectivity index is 1.54. The van der Waals surface area contributed by atoms with Crippen LogP contribution in [0.15, 0.2) is 42.5 Å². The first-order valence-corrected chi connectivity index (χ1v) is 10.4. The van der Waals surface area contributed by atoms with Crippen LogP contribution in [0, 0.1) is 6.92 Å². The summed E-state index contributed by atoms with van der Waals surface area (Å²) in [6, 6.07) is 9.22. The zero-order chi connectivity index (χ0) is 25.3. The highest BCUT2D eigenvalue weighted by atomic mass is 19.4. The second-order valence-electron chi connectivity index (χ2n) is 7.66. The molecule has 2 N–H and O–H groups in total. The molecular formula is C23H21F3N4O5. The second-order valence-corrected chi connectivity index (χ2v) is 7.66. The van der Waals surface area contributed by atoms with E-state index in [1.807, 2.05) is 0 Å². The van der Waals surface area contributed by atoms with E-state index >= 15 is 0 Å². The van der Waals surface area contributed by atoms with Gasteiger partial charge < -0.3 is 24.8 Å². The third-order valence-corrected chi connectivity index (χ3v) is 5.33. The van der Waals surface area contributed by atoms with Crippen molar-refractivity contribution in [1.29, 1.82) is 0 Å². The Hall–Kier alpha value is -4.22. The minimum Gasteiger partial charge on any atom is -0.493 e. The Bertz CT molecular complexity index is 1290. The number of carbonyl (C=O) groups is 2. The number of alkyl halides is 3. The number of nitrogens with zero attached hydrogens (tertiary/aromatic N) is 2. The quantitative estimate of drug-likeness (QED) is 0.512. The molecule has 2 aromatic carbocycles. The Morgan fingerprint density at radius 3 is 2.57 bits per heavy atom. The lowest BCUT2D eigenvalue weighted by Gasteiger charge is -2.12. The zero-order valence-corrected chi connectivity index (χ0v) is 18.9. The summed E-state index contributed by atoms with van der Waals surface area (Å²) < 4.78 is 53.3. The van der Waals surface area contributed by atoms with Crippen molar-refractivity contribution in [2.45, 2.75) is 25.7 Å². The van der Waals surface area contributed by atoms with Crippen molar-refractivity contribution in [3.8, 4) is 28.4 Å². The van der Waals surface area contributed by atoms with Crippen molar-refractivity contribution in [1.82, 2.24) is 9.78 Å². The third-order valence-electron chi connectivity index (χ3n) is 5.33. The van der Waals surface area contributed by atoms with Crippen LogP contribution >= 0.6 is 0 Å². The summed E-state index contributed by atoms with van der Waals surface area (Å²) in [7, 11) is 3.04. The molecule has 3 aromatic rings. The molecule has 1 atom stereocenters. The average Bonchev–Trinajstić information content (AvgIpc) is 3.25. The molecule has 0 fully saturated rings. The highest BCUT2D eigenvalue weighted by Gasteiger charge is 2.36. The van der Waals surface area contributed by atoms with Gasteiger partial charge in [0, 0.05) is 17.3 Å². The van der Waals surface area contributed by atoms with Gasteiger partial charge >= 0.3 is 6.36 Å². The highest BCUT2D eigenvalue weighted by molar-refractivity contribution is 6.04. The molecule has 1 aliphatic heterocycles. The molecule has 0 saturated carbocycles. The van der Waals surface area contributed by atoms with E-state index in [2.05, 4.69) is 20.5 Å². The number of amides is 2. The number of benzene rings is 2. The number of methoxy groups -OCH3 is 2. The third kappa shape index (κ3) is 5.00. The van der Waals surface area contributed by atoms with E-state index in [4.69, 9.17) is 9.47 Å². The SMILES string of the molecule is COc1ccc(-c2c(C)nn3c2NC(=O)C3CC(=O)Nc2cccc(OC(F)(F)F)c2)cc1OC. The van der Waals surface area contributed by atoms with Crippen LogP contribution in [0.1, 0.15) is 18.2 Å². The molecule has 4 rings (SSSR count). The predicted octanol–water partition coefficient (Wildman–Crippen LogP) is 4.30. The first kappa shape index (κ1) is 23.9. The molecule has 0 bridgehead atoms. The molecular weight excluding hydrogens is 469 g/mol. The van der Waals surface area contributed by atoms with Crippen LogP contribution in [-0.4, -0.2) is 42.2 Å². The molecule has 0 radical (unpaired) electrons. The molecule has 0 spiro atoms. The monoisotopic (exact) mass is 490 g/mol. The number of rotatable bonds is 7. The fourth-order valence-electron chi connectivity index (χ4n) is 3.88. The topological polar surface area (TPSA) is 104 Å². The number of nitrogens with one attached hydrogen (secondary N) is 2. The number of halogens is 3. The number of hydrogen-bond donors (Lipinski definition) is 2. The number of fused-ring (bicyclic) bond motifs is 1. The van der Waals surface area contributed by atoms with Gasteiger partial charge in [0.15, 0.2) is 11.5 Å². The van der Waals surface area contributed by atoms with Crippen molar-refractivity contribution in [3.63, 3.8) is 0 Å². The summed E-state index contributed by atoms with van der Waals surface area (Å²) in [5.41, 5.74) is 2.11. The lowest BCUT2D eigenvalue weighted by Crippen LogP contribution is -2.24. The lowest BCUT2D eigenvalue weighted by molar-refractivity contribution is -0.274. The number of carbonyl (C=O) groups excluding carboxylic acids is 2. The van der Waals surface area contributed by atoms with Crippen LogP contribution in [0.3, 0.4) is 0 Å². The standard InChI is InChI=1S/C23H21F3N4O5/c1-12-20(13-7-8-17(33-2)18(9-13)34-3)21-28-22(32)16(30(21)29-12)11-19(31)27-14-5-4-6-15(10-14)35-23(24,25)26/h4-10,16H,11H2,1-3H3,(H,27,31)(H,28,32). The summed E-state index contributed by atoms with van der Waals surface area (Å²) in [4.78, 5) is 25.3. The lowest BCUT2D eigenvalue weighted by atomic mass is 10.1. The highest BCUT2D eigenvalue weighted by Crippen LogP contribution is 2.41. The first-order valence-electron chi connectivity index (χ1n) is 10.4. The molecule has 1 aliphatic rings. The van der Waals surface area contributed by atoms with E-state index in [9.17, 15) is 22.8 Å². The molecule has 1 unspecified atom stereocenters. The Morgan fingerprint density at radius 1 is 1.14 bits per heavy atom. The maximum absolute atomic E-state index is 12.7. The van der Waals surface area contributed by atoms with E-state index in [-0.39, 0.29) is 12.1 Å². The predicted molar refractivity (Wildman–Crippen MR) is 120 cm³/mol. The van der Waals surface area contributed by atoms with Crippen LogP contribution in [0.25, 0.3) is 11.1 Å². The van der Waals surface area contributed by atoms with Crippen molar-refractivity contribution in [3.05, 3.63) is 48.2 Å². The molecule has 0 saturated heterocycles. The fraction of sp³-hybridized carbons (Fsp3) is 0.261. The van der Waals surface area contributed by atoms with Gasteiger partial charge in [-0.15, -0.1) is 13.2 Å². The van der Waals surface area contributed by atoms with Gasteiger partial charge in [-0.25, -0.2) is 4.68 Å². The molecule has 2 heterocycles. The number of anilines is 2. The van der Waals surface area contributed by atoms with Crippen LogP contribution in [0.5, 0.6) is 17.2 Å². The van der Waals surface area contributed by atoms with Gasteiger partial charge in [0.25, 0.3) is 5.91 Å². The summed E-state index contributed by atoms with van der Waals surface area (Å²) in [6.45, 7) is 1.77. The van der Waals surface area contributed by atoms with Crippen molar-refractivity contribution < 1.29 is 37.0 Å². The van der Waals surface area contributed by atoms with Crippen LogP contribution < -0.4 is 24.8 Å². The molecule has 184 valence electrons. The van der Waals surface area contributed by atoms with E-state index in [0.29, 0.717) is 28.6 Å². The van der Waals surface area contributed by atoms with Crippen LogP contribution in [0.4, 0.5) is 24.7 Å². The normalized spacial score (nSPS) is 14.8. The van der Waals surface area contributed by atoms with Crippen molar-refractivity contribution >= 4 is 23.3 Å². The molecule has 1 aromatic heterocycles. The number of aromatic nitrogens is 2. The maximum Gasteiger partial charge on any atom is 0.573 e. The largest absolute Gasteiger partial charge is 0.573 e. The smallest absolute Gasteiger partial charge is 0.493 e. The summed E-state index contributed by atoms with van der Waals surface area (Å²) in [6.07, 6.45) is -5.14. The number of ether oxygens (including phenoxy) is 3. The fourth-order valence-corrected chi connectivity index (χ4v) is 3.88. The Morgan fingerprint density at radius 2 is 1.89 bits per heavy atom. The Kier molecular flexibility index (Phi) is 6.29. The summed E-state index contributed by atoms with van der Waals surface area (Å²) >= 11 is 0. The maximum atomic E-state index is 12.7. The van der Waals surface area contributed by atoms with Gasteiger partial charge in [0.1, 0.15) is 17.6 Å². The first-order chi connectivity index (χ1) is 16.6. The molecule has 35 heavy (non-hydrogen) atoms. The molecule has 9 nitrogen and oxygen atoms in total. The van der Waals surface area contributed by atoms with Gasteiger partial charge in [0.05, 0.1) is 26.3 Å². The average molecular weight is 490 g/mol. The summed E-state index contributed by atoms with van der Waals surface area (Å²) in [5, 5.41) is 9.71. The number of hydrogen-bond acceptors (Lipinski definition) is 6. The van der Waals surface area contributed by atoms with Crippen molar-refractivity contribution in [2.24, 2.45) is 0 Å². The van der Waals surface area contributed by atoms with Gasteiger partial charge in [-0.3, -0.25) is 9.59 Å². The van der Waals surface area contributed by atoms with Crippen molar-refractivity contribution in [2.75, 3.05) is 24.9 Å². The summed E-state index contributed by atoms with van der Waals surface area (Å²) in [5.74, 6) is -0.0135. The van der Waals surface area contributed by atoms with Gasteiger partial charge in [0.2, 0.25) is 5.91 Å². The zero-order valence-electron chi connectivity index (χ0n) is 18.9. The van der Waals surface area contributed by atoms with Gasteiger partial charge in [-0.1, -0.05) is 12.1 Å². The van der Waals surface area contributed by atoms with Gasteiger partial charge in [-0.2, -0.15) is 5.10 Å². The van der Waals surface area contributed by atoms with Crippen LogP contribution in [0.2, 0.25) is 0 Å². The minimum absolute atomic E-state index is 0.0954. The van der Waals surface area contributed by atoms with E-state index < -0.39 is 30.0 Å². The van der Waals surface area contributed by atoms with Crippen LogP contribution in [-0.2, 0) is 9.59 Å². The molecule has 2 amide bonds. The van der Waals surface area contributed by atoms with E-state index in [1.54, 1.807) is 25.1 Å². The van der Waals surface area contributed by atoms with E-state index in [1.165, 1.54) is 31.0 Å². The van der Waals surface area contributed by atoms with E-state index in [0.717, 1.165) is 17.7 Å².